The molecule has 0 amide bonds. The summed E-state index contributed by atoms with van der Waals surface area (Å²) in [4.78, 5) is -0.218. The Morgan fingerprint density at radius 1 is 0.806 bits per heavy atom. The molecule has 0 spiro atoms. The first-order chi connectivity index (χ1) is 14.8. The van der Waals surface area contributed by atoms with E-state index in [4.69, 9.17) is 0 Å². The van der Waals surface area contributed by atoms with Crippen LogP contribution in [0.1, 0.15) is 32.1 Å². The van der Waals surface area contributed by atoms with Gasteiger partial charge in [0.2, 0.25) is 10.0 Å². The van der Waals surface area contributed by atoms with Crippen LogP contribution < -0.4 is 9.44 Å². The number of para-hydroxylation sites is 1. The molecule has 1 saturated carbocycles. The van der Waals surface area contributed by atoms with Gasteiger partial charge in [-0.25, -0.2) is 21.6 Å². The number of benzene rings is 3. The molecule has 9 heteroatoms. The second kappa shape index (κ2) is 8.49. The molecule has 0 radical (unpaired) electrons. The zero-order valence-electron chi connectivity index (χ0n) is 16.8. The van der Waals surface area contributed by atoms with Crippen LogP contribution in [-0.2, 0) is 20.0 Å². The van der Waals surface area contributed by atoms with E-state index < -0.39 is 25.8 Å². The lowest BCUT2D eigenvalue weighted by Crippen LogP contribution is -2.36. The second-order valence-electron chi connectivity index (χ2n) is 7.72. The third-order valence-corrected chi connectivity index (χ3v) is 8.37. The summed E-state index contributed by atoms with van der Waals surface area (Å²) in [7, 11) is -7.85. The highest BCUT2D eigenvalue weighted by atomic mass is 32.2. The lowest BCUT2D eigenvalue weighted by atomic mass is 9.96. The Kier molecular flexibility index (Phi) is 5.92. The summed E-state index contributed by atoms with van der Waals surface area (Å²) in [5, 5.41) is 11.1. The highest BCUT2D eigenvalue weighted by Crippen LogP contribution is 2.34. The van der Waals surface area contributed by atoms with Gasteiger partial charge < -0.3 is 5.11 Å². The molecule has 0 bridgehead atoms. The monoisotopic (exact) mass is 460 g/mol. The molecular weight excluding hydrogens is 436 g/mol. The topological polar surface area (TPSA) is 113 Å². The maximum Gasteiger partial charge on any atom is 0.262 e. The van der Waals surface area contributed by atoms with Crippen molar-refractivity contribution in [3.63, 3.8) is 0 Å². The third-order valence-electron chi connectivity index (χ3n) is 5.44. The number of aromatic hydroxyl groups is 1. The molecular formula is C22H24N2O5S2. The van der Waals surface area contributed by atoms with E-state index in [1.807, 2.05) is 0 Å². The van der Waals surface area contributed by atoms with Crippen LogP contribution in [0.3, 0.4) is 0 Å². The first kappa shape index (κ1) is 21.6. The minimum Gasteiger partial charge on any atom is -0.507 e. The van der Waals surface area contributed by atoms with Gasteiger partial charge in [-0.05, 0) is 42.5 Å². The van der Waals surface area contributed by atoms with Crippen LogP contribution in [-0.4, -0.2) is 28.0 Å². The van der Waals surface area contributed by atoms with Gasteiger partial charge >= 0.3 is 0 Å². The molecule has 31 heavy (non-hydrogen) atoms. The third kappa shape index (κ3) is 4.68. The van der Waals surface area contributed by atoms with Crippen molar-refractivity contribution >= 4 is 36.5 Å². The van der Waals surface area contributed by atoms with Crippen LogP contribution >= 0.6 is 0 Å². The smallest absolute Gasteiger partial charge is 0.262 e. The molecule has 164 valence electrons. The van der Waals surface area contributed by atoms with Gasteiger partial charge in [-0.1, -0.05) is 49.6 Å². The molecule has 0 aromatic heterocycles. The van der Waals surface area contributed by atoms with E-state index in [-0.39, 0.29) is 21.2 Å². The van der Waals surface area contributed by atoms with Gasteiger partial charge in [0.15, 0.2) is 0 Å². The van der Waals surface area contributed by atoms with Gasteiger partial charge in [-0.2, -0.15) is 0 Å². The second-order valence-corrected chi connectivity index (χ2v) is 11.1. The maximum absolute atomic E-state index is 13.0. The molecule has 0 unspecified atom stereocenters. The Hall–Kier alpha value is -2.62. The number of nitrogens with one attached hydrogen (secondary N) is 2. The first-order valence-electron chi connectivity index (χ1n) is 10.1. The Morgan fingerprint density at radius 2 is 1.52 bits per heavy atom. The van der Waals surface area contributed by atoms with Crippen LogP contribution in [0.25, 0.3) is 10.8 Å². The van der Waals surface area contributed by atoms with Crippen molar-refractivity contribution < 1.29 is 21.9 Å². The Balaban J connectivity index is 1.72. The van der Waals surface area contributed by atoms with Crippen molar-refractivity contribution in [3.05, 3.63) is 60.7 Å². The molecule has 3 aromatic carbocycles. The highest BCUT2D eigenvalue weighted by Gasteiger charge is 2.26. The molecule has 0 atom stereocenters. The number of anilines is 1. The van der Waals surface area contributed by atoms with Crippen molar-refractivity contribution in [1.82, 2.24) is 4.72 Å². The van der Waals surface area contributed by atoms with Crippen LogP contribution in [0.15, 0.2) is 70.5 Å². The van der Waals surface area contributed by atoms with Gasteiger partial charge in [-0.15, -0.1) is 0 Å². The van der Waals surface area contributed by atoms with Crippen molar-refractivity contribution in [2.45, 2.75) is 47.9 Å². The molecule has 0 heterocycles. The fourth-order valence-electron chi connectivity index (χ4n) is 3.95. The summed E-state index contributed by atoms with van der Waals surface area (Å²) in [6.45, 7) is 0. The average molecular weight is 461 g/mol. The summed E-state index contributed by atoms with van der Waals surface area (Å²) in [6.07, 6.45) is 4.61. The number of fused-ring (bicyclic) bond motifs is 1. The van der Waals surface area contributed by atoms with E-state index in [2.05, 4.69) is 9.44 Å². The minimum absolute atomic E-state index is 0.0620. The largest absolute Gasteiger partial charge is 0.507 e. The van der Waals surface area contributed by atoms with Gasteiger partial charge in [0.05, 0.1) is 9.79 Å². The fraction of sp³-hybridized carbons (Fsp3) is 0.273. The minimum atomic E-state index is -3.97. The molecule has 1 aliphatic rings. The normalized spacial score (nSPS) is 15.7. The van der Waals surface area contributed by atoms with E-state index in [9.17, 15) is 21.9 Å². The molecule has 7 nitrogen and oxygen atoms in total. The molecule has 4 rings (SSSR count). The summed E-state index contributed by atoms with van der Waals surface area (Å²) < 4.78 is 56.8. The first-order valence-corrected chi connectivity index (χ1v) is 13.1. The predicted molar refractivity (Wildman–Crippen MR) is 120 cm³/mol. The Bertz CT molecular complexity index is 1300. The maximum atomic E-state index is 13.0. The average Bonchev–Trinajstić information content (AvgIpc) is 2.74. The molecule has 1 aliphatic carbocycles. The van der Waals surface area contributed by atoms with Gasteiger partial charge in [0.25, 0.3) is 10.0 Å². The quantitative estimate of drug-likeness (QED) is 0.515. The molecule has 0 aliphatic heterocycles. The Morgan fingerprint density at radius 3 is 2.23 bits per heavy atom. The number of sulfonamides is 2. The van der Waals surface area contributed by atoms with Crippen molar-refractivity contribution in [1.29, 1.82) is 0 Å². The Labute approximate surface area is 182 Å². The molecule has 1 fully saturated rings. The van der Waals surface area contributed by atoms with Crippen LogP contribution in [0.2, 0.25) is 0 Å². The highest BCUT2D eigenvalue weighted by molar-refractivity contribution is 7.92. The number of phenolic OH excluding ortho intramolecular Hbond substituents is 1. The number of rotatable bonds is 6. The predicted octanol–water partition coefficient (Wildman–Crippen LogP) is 3.96. The van der Waals surface area contributed by atoms with E-state index >= 15 is 0 Å². The summed E-state index contributed by atoms with van der Waals surface area (Å²) in [5.41, 5.74) is 0.384. The number of phenols is 1. The van der Waals surface area contributed by atoms with E-state index in [1.165, 1.54) is 18.2 Å². The zero-order valence-corrected chi connectivity index (χ0v) is 18.4. The summed E-state index contributed by atoms with van der Waals surface area (Å²) in [5.74, 6) is -0.407. The lowest BCUT2D eigenvalue weighted by molar-refractivity contribution is 0.412. The summed E-state index contributed by atoms with van der Waals surface area (Å²) in [6, 6.07) is 15.2. The zero-order chi connectivity index (χ0) is 22.1. The van der Waals surface area contributed by atoms with Crippen molar-refractivity contribution in [2.75, 3.05) is 4.72 Å². The lowest BCUT2D eigenvalue weighted by Gasteiger charge is -2.23. The van der Waals surface area contributed by atoms with E-state index in [0.29, 0.717) is 11.1 Å². The van der Waals surface area contributed by atoms with Gasteiger partial charge in [0, 0.05) is 23.2 Å². The standard InChI is InChI=1S/C22H24N2O5S2/c25-20-15-19(30(26,27)23-17-9-3-1-4-10-17)14-16-8-7-13-21(22(16)20)31(28,29)24-18-11-5-2-6-12-18/h1,3-4,7-10,13-15,18,23-25H,2,5-6,11-12H2. The van der Waals surface area contributed by atoms with Crippen LogP contribution in [0.5, 0.6) is 5.75 Å². The fourth-order valence-corrected chi connectivity index (χ4v) is 6.61. The number of hydrogen-bond acceptors (Lipinski definition) is 5. The molecule has 3 N–H and O–H groups in total. The molecule has 0 saturated heterocycles. The van der Waals surface area contributed by atoms with Gasteiger partial charge in [0.1, 0.15) is 5.75 Å². The van der Waals surface area contributed by atoms with Crippen LogP contribution in [0.4, 0.5) is 5.69 Å². The van der Waals surface area contributed by atoms with Crippen LogP contribution in [0, 0.1) is 0 Å². The van der Waals surface area contributed by atoms with Crippen molar-refractivity contribution in [3.8, 4) is 5.75 Å². The van der Waals surface area contributed by atoms with Crippen molar-refractivity contribution in [2.24, 2.45) is 0 Å². The van der Waals surface area contributed by atoms with Gasteiger partial charge in [-0.3, -0.25) is 4.72 Å². The molecule has 3 aromatic rings. The SMILES string of the molecule is O=S(=O)(Nc1ccccc1)c1cc(O)c2c(S(=O)(=O)NC3CCCCC3)cccc2c1. The van der Waals surface area contributed by atoms with E-state index in [1.54, 1.807) is 36.4 Å². The summed E-state index contributed by atoms with van der Waals surface area (Å²) >= 11 is 0. The van der Waals surface area contributed by atoms with E-state index in [0.717, 1.165) is 38.2 Å². The number of hydrogen-bond donors (Lipinski definition) is 3.